The molecule has 0 unspecified atom stereocenters. The van der Waals surface area contributed by atoms with E-state index in [0.717, 1.165) is 26.8 Å². The molecule has 0 amide bonds. The summed E-state index contributed by atoms with van der Waals surface area (Å²) in [7, 11) is 0. The van der Waals surface area contributed by atoms with E-state index in [2.05, 4.69) is 4.98 Å². The molecule has 0 spiro atoms. The van der Waals surface area contributed by atoms with Gasteiger partial charge in [0.25, 0.3) is 0 Å². The van der Waals surface area contributed by atoms with Gasteiger partial charge in [0.15, 0.2) is 17.5 Å². The second-order valence-electron chi connectivity index (χ2n) is 9.60. The number of benzene rings is 6. The number of hydrogen-bond donors (Lipinski definition) is 0. The lowest BCUT2D eigenvalue weighted by atomic mass is 9.99. The number of fused-ring (bicyclic) bond motifs is 6. The van der Waals surface area contributed by atoms with Crippen LogP contribution in [0.2, 0.25) is 0 Å². The number of aromatic nitrogens is 3. The first kappa shape index (κ1) is 14.0. The van der Waals surface area contributed by atoms with Crippen LogP contribution >= 0.6 is 22.7 Å². The van der Waals surface area contributed by atoms with E-state index in [1.807, 2.05) is 30.3 Å². The Morgan fingerprint density at radius 1 is 0.432 bits per heavy atom. The fourth-order valence-corrected chi connectivity index (χ4v) is 7.23. The molecule has 206 valence electrons. The summed E-state index contributed by atoms with van der Waals surface area (Å²) in [5.41, 5.74) is -1.44. The minimum absolute atomic E-state index is 0.0362. The highest BCUT2D eigenvalue weighted by Gasteiger charge is 2.19. The van der Waals surface area contributed by atoms with Crippen molar-refractivity contribution in [3.05, 3.63) is 139 Å². The predicted octanol–water partition coefficient (Wildman–Crippen LogP) is 11.3. The zero-order valence-electron chi connectivity index (χ0n) is 38.2. The third kappa shape index (κ3) is 4.13. The molecule has 0 aliphatic rings. The Bertz CT molecular complexity index is 3390. The predicted molar refractivity (Wildman–Crippen MR) is 187 cm³/mol. The van der Waals surface area contributed by atoms with Gasteiger partial charge in [-0.05, 0) is 47.4 Å². The quantitative estimate of drug-likeness (QED) is 0.198. The van der Waals surface area contributed by atoms with Crippen LogP contribution in [0.5, 0.6) is 0 Å². The Labute approximate surface area is 284 Å². The molecule has 5 heteroatoms. The molecule has 6 aromatic carbocycles. The van der Waals surface area contributed by atoms with E-state index in [9.17, 15) is 2.74 Å². The molecule has 0 aliphatic carbocycles. The first-order chi connectivity index (χ1) is 28.5. The molecular formula is C39H23N3S2. The van der Waals surface area contributed by atoms with Gasteiger partial charge in [-0.3, -0.25) is 0 Å². The third-order valence-corrected chi connectivity index (χ3v) is 9.29. The minimum Gasteiger partial charge on any atom is -0.208 e. The van der Waals surface area contributed by atoms with E-state index in [0.29, 0.717) is 10.3 Å². The Balaban J connectivity index is 1.46. The van der Waals surface area contributed by atoms with Gasteiger partial charge in [-0.15, -0.1) is 22.7 Å². The van der Waals surface area contributed by atoms with Crippen molar-refractivity contribution in [2.45, 2.75) is 0 Å². The monoisotopic (exact) mass is 613 g/mol. The standard InChI is InChI=1S/C39H23N3S2/c1-2-11-24(12-3-1)26-13-4-5-16-30(26)38-40-37(25-21-22-35-32(23-25)28-15-7-8-19-33(28)43-35)41-39(42-38)31-18-10-17-29-27-14-6-9-20-34(27)44-36(29)31/h1-23H/i1D,2D,3D,4D,5D,7D,8D,11D,12D,13D,15D,16D,19D,21D,22D,23D. The summed E-state index contributed by atoms with van der Waals surface area (Å²) in [5, 5.41) is 1.67. The molecule has 0 atom stereocenters. The molecule has 0 bridgehead atoms. The normalized spacial score (nSPS) is 16.7. The van der Waals surface area contributed by atoms with Gasteiger partial charge in [-0.1, -0.05) is 103 Å². The molecule has 0 N–H and O–H groups in total. The van der Waals surface area contributed by atoms with Crippen molar-refractivity contribution in [1.29, 1.82) is 0 Å². The van der Waals surface area contributed by atoms with Crippen LogP contribution in [0.1, 0.15) is 21.9 Å². The van der Waals surface area contributed by atoms with Crippen LogP contribution in [0, 0.1) is 0 Å². The molecule has 0 aliphatic heterocycles. The van der Waals surface area contributed by atoms with Crippen LogP contribution in [-0.2, 0) is 0 Å². The van der Waals surface area contributed by atoms with Gasteiger partial charge in [0.1, 0.15) is 0 Å². The lowest BCUT2D eigenvalue weighted by Gasteiger charge is -2.12. The largest absolute Gasteiger partial charge is 0.208 e. The SMILES string of the molecule is [2H]c1c([2H])c([2H])c(-c2c([2H])c([2H])c([2H])c([2H])c2-c2nc(-c3c([2H])c([2H])c4sc5c([2H])c([2H])c([2H])c([2H])c5c4c3[2H])nc(-c3cccc4c3sc3ccccc34)n2)c([2H])c1[2H]. The third-order valence-electron chi connectivity index (χ3n) is 7.05. The Morgan fingerprint density at radius 2 is 1.14 bits per heavy atom. The number of hydrogen-bond acceptors (Lipinski definition) is 5. The number of nitrogens with zero attached hydrogens (tertiary/aromatic N) is 3. The smallest absolute Gasteiger partial charge is 0.165 e. The van der Waals surface area contributed by atoms with Crippen molar-refractivity contribution in [3.63, 3.8) is 0 Å². The van der Waals surface area contributed by atoms with Gasteiger partial charge in [0.2, 0.25) is 0 Å². The van der Waals surface area contributed by atoms with E-state index in [1.165, 1.54) is 11.3 Å². The maximum atomic E-state index is 9.52. The van der Waals surface area contributed by atoms with Crippen molar-refractivity contribution >= 4 is 63.0 Å². The Hall–Kier alpha value is -5.23. The van der Waals surface area contributed by atoms with E-state index < -0.39 is 119 Å². The lowest BCUT2D eigenvalue weighted by molar-refractivity contribution is 1.08. The summed E-state index contributed by atoms with van der Waals surface area (Å²) < 4.78 is 141. The molecule has 9 rings (SSSR count). The maximum absolute atomic E-state index is 9.52. The molecule has 0 saturated heterocycles. The number of rotatable bonds is 4. The van der Waals surface area contributed by atoms with Crippen LogP contribution in [0.3, 0.4) is 0 Å². The topological polar surface area (TPSA) is 38.7 Å². The van der Waals surface area contributed by atoms with Gasteiger partial charge in [0.05, 0.1) is 21.9 Å². The second-order valence-corrected chi connectivity index (χ2v) is 11.7. The minimum atomic E-state index is -0.768. The van der Waals surface area contributed by atoms with Crippen molar-refractivity contribution in [2.24, 2.45) is 0 Å². The highest BCUT2D eigenvalue weighted by Crippen LogP contribution is 2.41. The van der Waals surface area contributed by atoms with Crippen LogP contribution in [-0.4, -0.2) is 15.0 Å². The average Bonchev–Trinajstić information content (AvgIpc) is 3.84. The summed E-state index contributed by atoms with van der Waals surface area (Å²) in [4.78, 5) is 14.1. The van der Waals surface area contributed by atoms with Crippen molar-refractivity contribution in [2.75, 3.05) is 0 Å². The molecule has 44 heavy (non-hydrogen) atoms. The molecule has 9 aromatic rings. The highest BCUT2D eigenvalue weighted by atomic mass is 32.1. The van der Waals surface area contributed by atoms with Crippen molar-refractivity contribution in [1.82, 2.24) is 15.0 Å². The Kier molecular flexibility index (Phi) is 3.25. The Morgan fingerprint density at radius 3 is 2.05 bits per heavy atom. The lowest BCUT2D eigenvalue weighted by Crippen LogP contribution is -2.01. The van der Waals surface area contributed by atoms with Crippen LogP contribution in [0.25, 0.3) is 85.6 Å². The van der Waals surface area contributed by atoms with Crippen LogP contribution in [0.4, 0.5) is 0 Å². The molecule has 0 fully saturated rings. The zero-order valence-corrected chi connectivity index (χ0v) is 23.8. The van der Waals surface area contributed by atoms with Crippen LogP contribution < -0.4 is 0 Å². The van der Waals surface area contributed by atoms with Gasteiger partial charge in [-0.2, -0.15) is 0 Å². The van der Waals surface area contributed by atoms with Gasteiger partial charge in [0, 0.05) is 57.0 Å². The molecular weight excluding hydrogens is 575 g/mol. The van der Waals surface area contributed by atoms with E-state index >= 15 is 0 Å². The molecule has 3 aromatic heterocycles. The van der Waals surface area contributed by atoms with Crippen molar-refractivity contribution in [3.8, 4) is 45.3 Å². The summed E-state index contributed by atoms with van der Waals surface area (Å²) in [6.45, 7) is 0. The molecule has 0 radical (unpaired) electrons. The van der Waals surface area contributed by atoms with Gasteiger partial charge in [-0.25, -0.2) is 15.0 Å². The zero-order chi connectivity index (χ0) is 43.0. The summed E-state index contributed by atoms with van der Waals surface area (Å²) in [6, 6.07) is 2.96. The fourth-order valence-electron chi connectivity index (χ4n) is 5.10. The van der Waals surface area contributed by atoms with Gasteiger partial charge >= 0.3 is 0 Å². The highest BCUT2D eigenvalue weighted by molar-refractivity contribution is 7.26. The second kappa shape index (κ2) is 10.2. The first-order valence-electron chi connectivity index (χ1n) is 21.2. The van der Waals surface area contributed by atoms with Crippen molar-refractivity contribution < 1.29 is 21.9 Å². The summed E-state index contributed by atoms with van der Waals surface area (Å²) in [5.74, 6) is -0.961. The molecule has 3 heterocycles. The number of thiophene rings is 2. The average molecular weight is 614 g/mol. The molecule has 3 nitrogen and oxygen atoms in total. The van der Waals surface area contributed by atoms with Crippen LogP contribution in [0.15, 0.2) is 139 Å². The summed E-state index contributed by atoms with van der Waals surface area (Å²) >= 11 is 2.26. The van der Waals surface area contributed by atoms with E-state index in [4.69, 9.17) is 29.2 Å². The van der Waals surface area contributed by atoms with E-state index in [1.54, 1.807) is 12.1 Å². The van der Waals surface area contributed by atoms with Gasteiger partial charge < -0.3 is 0 Å². The maximum Gasteiger partial charge on any atom is 0.165 e. The first-order valence-corrected chi connectivity index (χ1v) is 14.9. The van der Waals surface area contributed by atoms with E-state index in [-0.39, 0.29) is 37.6 Å². The molecule has 0 saturated carbocycles. The summed E-state index contributed by atoms with van der Waals surface area (Å²) in [6.07, 6.45) is 0. The fraction of sp³-hybridized carbons (Fsp3) is 0.